The van der Waals surface area contributed by atoms with Crippen LogP contribution in [0.15, 0.2) is 24.3 Å². The third-order valence-corrected chi connectivity index (χ3v) is 3.13. The fourth-order valence-corrected chi connectivity index (χ4v) is 1.73. The number of aliphatic hydroxyl groups excluding tert-OH is 1. The van der Waals surface area contributed by atoms with Gasteiger partial charge in [0, 0.05) is 7.11 Å². The number of methoxy groups -OCH3 is 1. The first-order valence-electron chi connectivity index (χ1n) is 6.44. The first kappa shape index (κ1) is 15.0. The van der Waals surface area contributed by atoms with E-state index in [0.717, 1.165) is 17.7 Å². The summed E-state index contributed by atoms with van der Waals surface area (Å²) in [7, 11) is 1.70. The highest BCUT2D eigenvalue weighted by Gasteiger charge is 2.19. The maximum atomic E-state index is 10.2. The zero-order valence-electron chi connectivity index (χ0n) is 11.8. The fraction of sp³-hybridized carbons (Fsp3) is 0.600. The van der Waals surface area contributed by atoms with Gasteiger partial charge in [-0.15, -0.1) is 0 Å². The van der Waals surface area contributed by atoms with E-state index in [2.05, 4.69) is 0 Å². The Hall–Kier alpha value is -1.06. The molecular formula is C15H24O3. The Kier molecular flexibility index (Phi) is 5.63. The molecule has 3 nitrogen and oxygen atoms in total. The molecule has 1 rings (SSSR count). The highest BCUT2D eigenvalue weighted by molar-refractivity contribution is 5.29. The zero-order valence-corrected chi connectivity index (χ0v) is 11.8. The van der Waals surface area contributed by atoms with E-state index in [9.17, 15) is 5.11 Å². The van der Waals surface area contributed by atoms with E-state index in [0.29, 0.717) is 13.0 Å². The summed E-state index contributed by atoms with van der Waals surface area (Å²) < 4.78 is 10.8. The van der Waals surface area contributed by atoms with Crippen molar-refractivity contribution in [1.82, 2.24) is 0 Å². The van der Waals surface area contributed by atoms with Crippen LogP contribution in [-0.2, 0) is 4.74 Å². The number of benzene rings is 1. The van der Waals surface area contributed by atoms with E-state index < -0.39 is 6.10 Å². The van der Waals surface area contributed by atoms with Crippen LogP contribution in [0.2, 0.25) is 0 Å². The second-order valence-corrected chi connectivity index (χ2v) is 5.02. The molecule has 0 aliphatic heterocycles. The predicted octanol–water partition coefficient (Wildman–Crippen LogP) is 3.32. The summed E-state index contributed by atoms with van der Waals surface area (Å²) in [5.41, 5.74) is 0.700. The summed E-state index contributed by atoms with van der Waals surface area (Å²) in [6.45, 7) is 6.63. The Labute approximate surface area is 110 Å². The van der Waals surface area contributed by atoms with Crippen LogP contribution in [0.4, 0.5) is 0 Å². The van der Waals surface area contributed by atoms with E-state index >= 15 is 0 Å². The molecule has 0 aliphatic carbocycles. The number of aliphatic hydroxyl groups is 1. The van der Waals surface area contributed by atoms with Crippen molar-refractivity contribution in [3.05, 3.63) is 29.8 Å². The molecular weight excluding hydrogens is 228 g/mol. The van der Waals surface area contributed by atoms with Crippen molar-refractivity contribution in [2.24, 2.45) is 0 Å². The zero-order chi connectivity index (χ0) is 13.6. The predicted molar refractivity (Wildman–Crippen MR) is 72.9 cm³/mol. The van der Waals surface area contributed by atoms with Crippen molar-refractivity contribution in [2.75, 3.05) is 13.7 Å². The number of ether oxygens (including phenoxy) is 2. The van der Waals surface area contributed by atoms with Crippen LogP contribution < -0.4 is 4.74 Å². The van der Waals surface area contributed by atoms with Gasteiger partial charge in [-0.25, -0.2) is 0 Å². The summed E-state index contributed by atoms with van der Waals surface area (Å²) in [6, 6.07) is 7.63. The molecule has 0 spiro atoms. The summed E-state index contributed by atoms with van der Waals surface area (Å²) in [4.78, 5) is 0. The molecule has 102 valence electrons. The average molecular weight is 252 g/mol. The van der Waals surface area contributed by atoms with E-state index in [1.165, 1.54) is 0 Å². The average Bonchev–Trinajstić information content (AvgIpc) is 2.37. The molecule has 0 heterocycles. The summed E-state index contributed by atoms with van der Waals surface area (Å²) in [6.07, 6.45) is 1.01. The summed E-state index contributed by atoms with van der Waals surface area (Å²) >= 11 is 0. The summed E-state index contributed by atoms with van der Waals surface area (Å²) in [5, 5.41) is 10.2. The van der Waals surface area contributed by atoms with Gasteiger partial charge in [0.2, 0.25) is 0 Å². The van der Waals surface area contributed by atoms with Crippen molar-refractivity contribution in [3.8, 4) is 5.75 Å². The molecule has 0 bridgehead atoms. The molecule has 0 amide bonds. The van der Waals surface area contributed by atoms with E-state index in [1.807, 2.05) is 45.0 Å². The monoisotopic (exact) mass is 252 g/mol. The maximum Gasteiger partial charge on any atom is 0.119 e. The van der Waals surface area contributed by atoms with Gasteiger partial charge in [0.05, 0.1) is 18.3 Å². The van der Waals surface area contributed by atoms with Gasteiger partial charge in [-0.1, -0.05) is 12.1 Å². The first-order chi connectivity index (χ1) is 8.48. The second kappa shape index (κ2) is 6.76. The molecule has 0 radical (unpaired) electrons. The Bertz CT molecular complexity index is 361. The topological polar surface area (TPSA) is 38.7 Å². The van der Waals surface area contributed by atoms with Crippen LogP contribution in [0.25, 0.3) is 0 Å². The Morgan fingerprint density at radius 3 is 2.67 bits per heavy atom. The van der Waals surface area contributed by atoms with Gasteiger partial charge in [-0.3, -0.25) is 0 Å². The number of hydrogen-bond acceptors (Lipinski definition) is 3. The third kappa shape index (κ3) is 4.67. The molecule has 1 aromatic rings. The molecule has 0 aromatic heterocycles. The lowest BCUT2D eigenvalue weighted by Crippen LogP contribution is -2.23. The Balaban J connectivity index is 2.60. The lowest BCUT2D eigenvalue weighted by Gasteiger charge is -2.24. The lowest BCUT2D eigenvalue weighted by molar-refractivity contribution is 0.00277. The standard InChI is InChI=1S/C15H24O3/c1-5-18-13-8-6-7-12(11-13)14(16)9-10-15(2,3)17-4/h6-8,11,14,16H,5,9-10H2,1-4H3. The van der Waals surface area contributed by atoms with Crippen LogP contribution in [0.1, 0.15) is 45.3 Å². The van der Waals surface area contributed by atoms with Crippen LogP contribution in [0, 0.1) is 0 Å². The SMILES string of the molecule is CCOc1cccc(C(O)CCC(C)(C)OC)c1. The second-order valence-electron chi connectivity index (χ2n) is 5.02. The first-order valence-corrected chi connectivity index (χ1v) is 6.44. The largest absolute Gasteiger partial charge is 0.494 e. The van der Waals surface area contributed by atoms with E-state index in [-0.39, 0.29) is 5.60 Å². The lowest BCUT2D eigenvalue weighted by atomic mass is 9.96. The van der Waals surface area contributed by atoms with E-state index in [4.69, 9.17) is 9.47 Å². The highest BCUT2D eigenvalue weighted by atomic mass is 16.5. The van der Waals surface area contributed by atoms with Gasteiger partial charge in [-0.05, 0) is 51.3 Å². The van der Waals surface area contributed by atoms with Crippen molar-refractivity contribution in [1.29, 1.82) is 0 Å². The molecule has 0 fully saturated rings. The number of rotatable bonds is 7. The number of hydrogen-bond donors (Lipinski definition) is 1. The highest BCUT2D eigenvalue weighted by Crippen LogP contribution is 2.26. The van der Waals surface area contributed by atoms with Crippen LogP contribution in [0.3, 0.4) is 0 Å². The molecule has 1 N–H and O–H groups in total. The van der Waals surface area contributed by atoms with Crippen molar-refractivity contribution >= 4 is 0 Å². The Morgan fingerprint density at radius 2 is 2.06 bits per heavy atom. The van der Waals surface area contributed by atoms with Gasteiger partial charge in [0.25, 0.3) is 0 Å². The molecule has 0 saturated heterocycles. The van der Waals surface area contributed by atoms with Gasteiger partial charge in [-0.2, -0.15) is 0 Å². The van der Waals surface area contributed by atoms with Crippen LogP contribution in [0.5, 0.6) is 5.75 Å². The van der Waals surface area contributed by atoms with Gasteiger partial charge < -0.3 is 14.6 Å². The minimum atomic E-state index is -0.472. The quantitative estimate of drug-likeness (QED) is 0.809. The Morgan fingerprint density at radius 1 is 1.33 bits per heavy atom. The minimum absolute atomic E-state index is 0.196. The molecule has 0 aliphatic rings. The van der Waals surface area contributed by atoms with Crippen molar-refractivity contribution in [2.45, 2.75) is 45.3 Å². The maximum absolute atomic E-state index is 10.2. The van der Waals surface area contributed by atoms with Crippen molar-refractivity contribution in [3.63, 3.8) is 0 Å². The van der Waals surface area contributed by atoms with Crippen LogP contribution >= 0.6 is 0 Å². The molecule has 0 saturated carbocycles. The summed E-state index contributed by atoms with van der Waals surface area (Å²) in [5.74, 6) is 0.806. The van der Waals surface area contributed by atoms with Gasteiger partial charge in [0.15, 0.2) is 0 Å². The minimum Gasteiger partial charge on any atom is -0.494 e. The van der Waals surface area contributed by atoms with Gasteiger partial charge in [0.1, 0.15) is 5.75 Å². The van der Waals surface area contributed by atoms with Crippen LogP contribution in [-0.4, -0.2) is 24.4 Å². The molecule has 1 aromatic carbocycles. The smallest absolute Gasteiger partial charge is 0.119 e. The molecule has 1 atom stereocenters. The molecule has 18 heavy (non-hydrogen) atoms. The third-order valence-electron chi connectivity index (χ3n) is 3.13. The van der Waals surface area contributed by atoms with Gasteiger partial charge >= 0.3 is 0 Å². The fourth-order valence-electron chi connectivity index (χ4n) is 1.73. The molecule has 1 unspecified atom stereocenters. The normalized spacial score (nSPS) is 13.4. The van der Waals surface area contributed by atoms with Crippen molar-refractivity contribution < 1.29 is 14.6 Å². The van der Waals surface area contributed by atoms with E-state index in [1.54, 1.807) is 7.11 Å². The molecule has 3 heteroatoms.